The van der Waals surface area contributed by atoms with Gasteiger partial charge < -0.3 is 10.6 Å². The summed E-state index contributed by atoms with van der Waals surface area (Å²) in [6.45, 7) is 7.41. The van der Waals surface area contributed by atoms with Gasteiger partial charge in [0.2, 0.25) is 0 Å². The first kappa shape index (κ1) is 14.3. The summed E-state index contributed by atoms with van der Waals surface area (Å²) in [4.78, 5) is 7.61. The summed E-state index contributed by atoms with van der Waals surface area (Å²) >= 11 is 5.22. The van der Waals surface area contributed by atoms with Gasteiger partial charge in [-0.2, -0.15) is 0 Å². The number of nitrogens with zero attached hydrogens (tertiary/aromatic N) is 2. The van der Waals surface area contributed by atoms with E-state index in [9.17, 15) is 0 Å². The number of aromatic nitrogens is 1. The molecule has 0 amide bonds. The number of thiocarbonyl (C=S) groups is 1. The Morgan fingerprint density at radius 2 is 2.11 bits per heavy atom. The highest BCUT2D eigenvalue weighted by Crippen LogP contribution is 2.27. The summed E-state index contributed by atoms with van der Waals surface area (Å²) in [6, 6.07) is 2.57. The van der Waals surface area contributed by atoms with Crippen molar-refractivity contribution in [3.63, 3.8) is 0 Å². The highest BCUT2D eigenvalue weighted by Gasteiger charge is 2.20. The lowest BCUT2D eigenvalue weighted by molar-refractivity contribution is 0.653. The smallest absolute Gasteiger partial charge is 0.139 e. The van der Waals surface area contributed by atoms with Crippen molar-refractivity contribution < 1.29 is 0 Å². The highest BCUT2D eigenvalue weighted by molar-refractivity contribution is 7.80. The Kier molecular flexibility index (Phi) is 4.40. The lowest BCUT2D eigenvalue weighted by Gasteiger charge is -2.30. The lowest BCUT2D eigenvalue weighted by atomic mass is 9.94. The van der Waals surface area contributed by atoms with Crippen molar-refractivity contribution in [3.8, 4) is 0 Å². The Morgan fingerprint density at radius 3 is 2.68 bits per heavy atom. The molecular weight excluding hydrogens is 254 g/mol. The molecule has 3 nitrogen and oxygen atoms in total. The Balaban J connectivity index is 2.53. The van der Waals surface area contributed by atoms with E-state index in [0.717, 1.165) is 30.8 Å². The molecule has 0 radical (unpaired) electrons. The van der Waals surface area contributed by atoms with E-state index >= 15 is 0 Å². The molecule has 1 aromatic heterocycles. The average molecular weight is 277 g/mol. The van der Waals surface area contributed by atoms with Crippen molar-refractivity contribution in [1.29, 1.82) is 0 Å². The standard InChI is InChI=1S/C15H23N3S/c1-4-18(10(2)3)15-12(14(16)19)9-11-7-5-6-8-13(11)17-15/h9-10H,4-8H2,1-3H3,(H2,16,19). The fourth-order valence-corrected chi connectivity index (χ4v) is 2.93. The fraction of sp³-hybridized carbons (Fsp3) is 0.600. The molecule has 104 valence electrons. The molecule has 4 heteroatoms. The summed E-state index contributed by atoms with van der Waals surface area (Å²) in [5.41, 5.74) is 9.41. The number of fused-ring (bicyclic) bond motifs is 1. The second kappa shape index (κ2) is 5.87. The van der Waals surface area contributed by atoms with Gasteiger partial charge in [0.15, 0.2) is 0 Å². The second-order valence-corrected chi connectivity index (χ2v) is 5.86. The van der Waals surface area contributed by atoms with Gasteiger partial charge in [0.1, 0.15) is 10.8 Å². The summed E-state index contributed by atoms with van der Waals surface area (Å²) in [7, 11) is 0. The van der Waals surface area contributed by atoms with Crippen molar-refractivity contribution in [2.24, 2.45) is 5.73 Å². The van der Waals surface area contributed by atoms with E-state index in [4.69, 9.17) is 22.9 Å². The Bertz CT molecular complexity index is 483. The van der Waals surface area contributed by atoms with E-state index in [0.29, 0.717) is 11.0 Å². The zero-order valence-electron chi connectivity index (χ0n) is 12.1. The molecule has 0 fully saturated rings. The van der Waals surface area contributed by atoms with Gasteiger partial charge in [-0.3, -0.25) is 0 Å². The number of hydrogen-bond donors (Lipinski definition) is 1. The van der Waals surface area contributed by atoms with Crippen LogP contribution in [-0.4, -0.2) is 22.6 Å². The third-order valence-corrected chi connectivity index (χ3v) is 4.00. The zero-order chi connectivity index (χ0) is 14.0. The molecular formula is C15H23N3S. The molecule has 0 saturated carbocycles. The van der Waals surface area contributed by atoms with Gasteiger partial charge >= 0.3 is 0 Å². The van der Waals surface area contributed by atoms with E-state index < -0.39 is 0 Å². The highest BCUT2D eigenvalue weighted by atomic mass is 32.1. The number of hydrogen-bond acceptors (Lipinski definition) is 3. The maximum Gasteiger partial charge on any atom is 0.139 e. The van der Waals surface area contributed by atoms with E-state index in [2.05, 4.69) is 31.7 Å². The molecule has 1 aromatic rings. The largest absolute Gasteiger partial charge is 0.389 e. The predicted molar refractivity (Wildman–Crippen MR) is 84.9 cm³/mol. The third kappa shape index (κ3) is 2.89. The van der Waals surface area contributed by atoms with Gasteiger partial charge in [-0.25, -0.2) is 4.98 Å². The molecule has 1 aliphatic carbocycles. The normalized spacial score (nSPS) is 14.3. The van der Waals surface area contributed by atoms with Crippen LogP contribution in [0.4, 0.5) is 5.82 Å². The van der Waals surface area contributed by atoms with Gasteiger partial charge in [-0.1, -0.05) is 12.2 Å². The minimum absolute atomic E-state index is 0.396. The maximum absolute atomic E-state index is 5.91. The summed E-state index contributed by atoms with van der Waals surface area (Å²) in [5.74, 6) is 0.964. The van der Waals surface area contributed by atoms with Crippen molar-refractivity contribution >= 4 is 23.0 Å². The molecule has 0 bridgehead atoms. The SMILES string of the molecule is CCN(c1nc2c(cc1C(N)=S)CCCC2)C(C)C. The quantitative estimate of drug-likeness (QED) is 0.859. The molecule has 0 aromatic carbocycles. The van der Waals surface area contributed by atoms with Crippen LogP contribution < -0.4 is 10.6 Å². The van der Waals surface area contributed by atoms with Crippen molar-refractivity contribution in [3.05, 3.63) is 22.9 Å². The van der Waals surface area contributed by atoms with Crippen LogP contribution in [0.25, 0.3) is 0 Å². The van der Waals surface area contributed by atoms with Crippen LogP contribution >= 0.6 is 12.2 Å². The maximum atomic E-state index is 5.91. The Hall–Kier alpha value is -1.16. The topological polar surface area (TPSA) is 42.2 Å². The summed E-state index contributed by atoms with van der Waals surface area (Å²) in [6.07, 6.45) is 4.66. The number of rotatable bonds is 4. The number of nitrogens with two attached hydrogens (primary N) is 1. The van der Waals surface area contributed by atoms with Gasteiger partial charge in [0.05, 0.1) is 5.56 Å². The molecule has 1 aliphatic rings. The van der Waals surface area contributed by atoms with Crippen LogP contribution in [0.5, 0.6) is 0 Å². The first-order chi connectivity index (χ1) is 9.04. The predicted octanol–water partition coefficient (Wildman–Crippen LogP) is 2.83. The van der Waals surface area contributed by atoms with Gasteiger partial charge in [-0.05, 0) is 58.1 Å². The summed E-state index contributed by atoms with van der Waals surface area (Å²) in [5, 5.41) is 0. The minimum atomic E-state index is 0.396. The molecule has 1 heterocycles. The van der Waals surface area contributed by atoms with E-state index in [1.54, 1.807) is 0 Å². The molecule has 0 saturated heterocycles. The molecule has 2 N–H and O–H groups in total. The summed E-state index contributed by atoms with van der Waals surface area (Å²) < 4.78 is 0. The van der Waals surface area contributed by atoms with Crippen LogP contribution in [0.15, 0.2) is 6.07 Å². The van der Waals surface area contributed by atoms with Crippen molar-refractivity contribution in [2.45, 2.75) is 52.5 Å². The van der Waals surface area contributed by atoms with Gasteiger partial charge in [0.25, 0.3) is 0 Å². The lowest BCUT2D eigenvalue weighted by Crippen LogP contribution is -2.34. The Labute approximate surface area is 121 Å². The van der Waals surface area contributed by atoms with Crippen LogP contribution in [0.3, 0.4) is 0 Å². The van der Waals surface area contributed by atoms with Crippen LogP contribution in [0.1, 0.15) is 50.4 Å². The minimum Gasteiger partial charge on any atom is -0.389 e. The fourth-order valence-electron chi connectivity index (χ4n) is 2.78. The van der Waals surface area contributed by atoms with E-state index in [1.165, 1.54) is 24.1 Å². The van der Waals surface area contributed by atoms with Crippen molar-refractivity contribution in [2.75, 3.05) is 11.4 Å². The van der Waals surface area contributed by atoms with Crippen LogP contribution in [0.2, 0.25) is 0 Å². The molecule has 0 spiro atoms. The molecule has 0 unspecified atom stereocenters. The first-order valence-corrected chi connectivity index (χ1v) is 7.54. The molecule has 0 aliphatic heterocycles. The molecule has 0 atom stereocenters. The molecule has 2 rings (SSSR count). The number of anilines is 1. The zero-order valence-corrected chi connectivity index (χ0v) is 12.9. The first-order valence-electron chi connectivity index (χ1n) is 7.13. The average Bonchev–Trinajstić information content (AvgIpc) is 2.38. The number of aryl methyl sites for hydroxylation is 2. The van der Waals surface area contributed by atoms with E-state index in [-0.39, 0.29) is 0 Å². The van der Waals surface area contributed by atoms with Crippen LogP contribution in [-0.2, 0) is 12.8 Å². The Morgan fingerprint density at radius 1 is 1.42 bits per heavy atom. The number of pyridine rings is 1. The molecule has 19 heavy (non-hydrogen) atoms. The third-order valence-electron chi connectivity index (χ3n) is 3.78. The second-order valence-electron chi connectivity index (χ2n) is 5.42. The van der Waals surface area contributed by atoms with Crippen molar-refractivity contribution in [1.82, 2.24) is 4.98 Å². The van der Waals surface area contributed by atoms with Gasteiger partial charge in [0, 0.05) is 18.3 Å². The monoisotopic (exact) mass is 277 g/mol. The van der Waals surface area contributed by atoms with E-state index in [1.807, 2.05) is 0 Å². The van der Waals surface area contributed by atoms with Gasteiger partial charge in [-0.15, -0.1) is 0 Å². The van der Waals surface area contributed by atoms with Crippen LogP contribution in [0, 0.1) is 0 Å².